The Balaban J connectivity index is 3.06. The van der Waals surface area contributed by atoms with E-state index in [2.05, 4.69) is 10.6 Å². The summed E-state index contributed by atoms with van der Waals surface area (Å²) in [5.41, 5.74) is 0.139. The summed E-state index contributed by atoms with van der Waals surface area (Å²) in [6.07, 6.45) is 0.796. The molecule has 0 aliphatic rings. The van der Waals surface area contributed by atoms with Gasteiger partial charge in [0.05, 0.1) is 13.7 Å². The molecule has 8 nitrogen and oxygen atoms in total. The molecule has 0 radical (unpaired) electrons. The van der Waals surface area contributed by atoms with Crippen LogP contribution >= 0.6 is 0 Å². The van der Waals surface area contributed by atoms with E-state index in [0.29, 0.717) is 19.6 Å². The maximum atomic E-state index is 12.8. The van der Waals surface area contributed by atoms with Gasteiger partial charge in [0.15, 0.2) is 0 Å². The second kappa shape index (κ2) is 10.1. The van der Waals surface area contributed by atoms with Gasteiger partial charge in [-0.1, -0.05) is 20.8 Å². The summed E-state index contributed by atoms with van der Waals surface area (Å²) in [6.45, 7) is 6.35. The van der Waals surface area contributed by atoms with Crippen LogP contribution < -0.4 is 15.4 Å². The lowest BCUT2D eigenvalue weighted by Crippen LogP contribution is -2.37. The molecule has 1 aromatic carbocycles. The summed E-state index contributed by atoms with van der Waals surface area (Å²) >= 11 is 0. The smallest absolute Gasteiger partial charge is 0.251 e. The van der Waals surface area contributed by atoms with Gasteiger partial charge in [0.25, 0.3) is 5.91 Å². The third-order valence-corrected chi connectivity index (χ3v) is 5.80. The second-order valence-electron chi connectivity index (χ2n) is 5.49. The monoisotopic (exact) mass is 385 g/mol. The number of ether oxygens (including phenoxy) is 1. The average Bonchev–Trinajstić information content (AvgIpc) is 2.64. The lowest BCUT2D eigenvalue weighted by molar-refractivity contribution is -0.120. The van der Waals surface area contributed by atoms with Gasteiger partial charge in [-0.3, -0.25) is 9.59 Å². The zero-order valence-electron chi connectivity index (χ0n) is 15.7. The molecule has 2 N–H and O–H groups in total. The Bertz CT molecular complexity index is 730. The lowest BCUT2D eigenvalue weighted by atomic mass is 10.2. The number of nitrogens with zero attached hydrogens (tertiary/aromatic N) is 1. The molecule has 9 heteroatoms. The minimum absolute atomic E-state index is 0.0771. The molecule has 0 heterocycles. The van der Waals surface area contributed by atoms with Crippen molar-refractivity contribution in [3.8, 4) is 5.75 Å². The van der Waals surface area contributed by atoms with Gasteiger partial charge in [0.2, 0.25) is 15.9 Å². The van der Waals surface area contributed by atoms with Crippen molar-refractivity contribution >= 4 is 21.8 Å². The van der Waals surface area contributed by atoms with E-state index < -0.39 is 15.9 Å². The molecule has 1 rings (SSSR count). The zero-order chi connectivity index (χ0) is 19.7. The third-order valence-electron chi connectivity index (χ3n) is 3.73. The van der Waals surface area contributed by atoms with Crippen LogP contribution in [0.4, 0.5) is 0 Å². The maximum absolute atomic E-state index is 12.8. The van der Waals surface area contributed by atoms with Crippen LogP contribution in [0.5, 0.6) is 5.75 Å². The summed E-state index contributed by atoms with van der Waals surface area (Å²) < 4.78 is 32.0. The molecule has 0 fully saturated rings. The van der Waals surface area contributed by atoms with Crippen LogP contribution in [0, 0.1) is 0 Å². The van der Waals surface area contributed by atoms with Crippen LogP contribution in [0.3, 0.4) is 0 Å². The van der Waals surface area contributed by atoms with Gasteiger partial charge in [-0.05, 0) is 24.6 Å². The number of rotatable bonds is 10. The number of amides is 2. The summed E-state index contributed by atoms with van der Waals surface area (Å²) in [4.78, 5) is 23.8. The standard InChI is InChI=1S/C17H27N3O5S/c1-5-10-18-16(21)12-19-17(22)13-8-9-14(25-4)15(11-13)26(23,24)20(6-2)7-3/h8-9,11H,5-7,10,12H2,1-4H3,(H,18,21)(H,19,22). The van der Waals surface area contributed by atoms with Gasteiger partial charge in [0.1, 0.15) is 10.6 Å². The first-order chi connectivity index (χ1) is 12.3. The van der Waals surface area contributed by atoms with E-state index in [9.17, 15) is 18.0 Å². The summed E-state index contributed by atoms with van der Waals surface area (Å²) in [5, 5.41) is 5.13. The number of benzene rings is 1. The molecule has 1 aromatic rings. The van der Waals surface area contributed by atoms with E-state index >= 15 is 0 Å². The van der Waals surface area contributed by atoms with Crippen molar-refractivity contribution in [1.29, 1.82) is 0 Å². The molecule has 0 unspecified atom stereocenters. The van der Waals surface area contributed by atoms with Crippen molar-refractivity contribution in [3.63, 3.8) is 0 Å². The minimum Gasteiger partial charge on any atom is -0.495 e. The normalized spacial score (nSPS) is 11.3. The first kappa shape index (κ1) is 21.9. The van der Waals surface area contributed by atoms with Crippen LogP contribution in [-0.4, -0.2) is 57.8 Å². The predicted molar refractivity (Wildman–Crippen MR) is 98.7 cm³/mol. The summed E-state index contributed by atoms with van der Waals surface area (Å²) in [6, 6.07) is 4.16. The van der Waals surface area contributed by atoms with Crippen molar-refractivity contribution in [2.45, 2.75) is 32.1 Å². The SMILES string of the molecule is CCCNC(=O)CNC(=O)c1ccc(OC)c(S(=O)(=O)N(CC)CC)c1. The molecular weight excluding hydrogens is 358 g/mol. The number of hydrogen-bond acceptors (Lipinski definition) is 5. The van der Waals surface area contributed by atoms with Gasteiger partial charge in [-0.15, -0.1) is 0 Å². The number of sulfonamides is 1. The predicted octanol–water partition coefficient (Wildman–Crippen LogP) is 0.982. The van der Waals surface area contributed by atoms with Crippen molar-refractivity contribution in [2.24, 2.45) is 0 Å². The number of carbonyl (C=O) groups is 2. The van der Waals surface area contributed by atoms with E-state index in [0.717, 1.165) is 6.42 Å². The highest BCUT2D eigenvalue weighted by Gasteiger charge is 2.26. The van der Waals surface area contributed by atoms with Gasteiger partial charge in [-0.25, -0.2) is 8.42 Å². The third kappa shape index (κ3) is 5.43. The van der Waals surface area contributed by atoms with E-state index in [1.807, 2.05) is 6.92 Å². The van der Waals surface area contributed by atoms with E-state index in [1.165, 1.54) is 29.6 Å². The maximum Gasteiger partial charge on any atom is 0.251 e. The van der Waals surface area contributed by atoms with Crippen LogP contribution in [0.1, 0.15) is 37.6 Å². The Labute approximate surface area is 155 Å². The molecular formula is C17H27N3O5S. The number of carbonyl (C=O) groups excluding carboxylic acids is 2. The average molecular weight is 385 g/mol. The molecule has 26 heavy (non-hydrogen) atoms. The molecule has 0 saturated carbocycles. The van der Waals surface area contributed by atoms with Gasteiger partial charge >= 0.3 is 0 Å². The molecule has 0 aliphatic carbocycles. The van der Waals surface area contributed by atoms with Gasteiger partial charge in [0, 0.05) is 25.2 Å². The second-order valence-corrected chi connectivity index (χ2v) is 7.39. The van der Waals surface area contributed by atoms with Crippen LogP contribution in [0.25, 0.3) is 0 Å². The molecule has 0 bridgehead atoms. The van der Waals surface area contributed by atoms with Crippen molar-refractivity contribution in [2.75, 3.05) is 33.3 Å². The molecule has 0 saturated heterocycles. The molecule has 0 aromatic heterocycles. The van der Waals surface area contributed by atoms with Crippen molar-refractivity contribution in [1.82, 2.24) is 14.9 Å². The quantitative estimate of drug-likeness (QED) is 0.625. The fourth-order valence-electron chi connectivity index (χ4n) is 2.31. The molecule has 0 atom stereocenters. The summed E-state index contributed by atoms with van der Waals surface area (Å²) in [5.74, 6) is -0.672. The first-order valence-electron chi connectivity index (χ1n) is 8.54. The minimum atomic E-state index is -3.79. The van der Waals surface area contributed by atoms with E-state index in [4.69, 9.17) is 4.74 Å². The number of nitrogens with one attached hydrogen (secondary N) is 2. The number of hydrogen-bond donors (Lipinski definition) is 2. The highest BCUT2D eigenvalue weighted by molar-refractivity contribution is 7.89. The Kier molecular flexibility index (Phi) is 8.53. The highest BCUT2D eigenvalue weighted by atomic mass is 32.2. The largest absolute Gasteiger partial charge is 0.495 e. The van der Waals surface area contributed by atoms with E-state index in [1.54, 1.807) is 13.8 Å². The Morgan fingerprint density at radius 3 is 2.31 bits per heavy atom. The fraction of sp³-hybridized carbons (Fsp3) is 0.529. The highest BCUT2D eigenvalue weighted by Crippen LogP contribution is 2.27. The van der Waals surface area contributed by atoms with Crippen LogP contribution in [0.15, 0.2) is 23.1 Å². The van der Waals surface area contributed by atoms with Crippen LogP contribution in [0.2, 0.25) is 0 Å². The number of methoxy groups -OCH3 is 1. The first-order valence-corrected chi connectivity index (χ1v) is 9.98. The summed E-state index contributed by atoms with van der Waals surface area (Å²) in [7, 11) is -2.42. The van der Waals surface area contributed by atoms with Gasteiger partial charge in [-0.2, -0.15) is 4.31 Å². The zero-order valence-corrected chi connectivity index (χ0v) is 16.5. The molecule has 0 aliphatic heterocycles. The molecule has 146 valence electrons. The van der Waals surface area contributed by atoms with Crippen LogP contribution in [-0.2, 0) is 14.8 Å². The fourth-order valence-corrected chi connectivity index (χ4v) is 3.95. The Morgan fingerprint density at radius 2 is 1.77 bits per heavy atom. The van der Waals surface area contributed by atoms with E-state index in [-0.39, 0.29) is 28.7 Å². The van der Waals surface area contributed by atoms with Crippen molar-refractivity contribution < 1.29 is 22.7 Å². The van der Waals surface area contributed by atoms with Gasteiger partial charge < -0.3 is 15.4 Å². The Hall–Kier alpha value is -2.13. The Morgan fingerprint density at radius 1 is 1.12 bits per heavy atom. The van der Waals surface area contributed by atoms with Crippen molar-refractivity contribution in [3.05, 3.63) is 23.8 Å². The topological polar surface area (TPSA) is 105 Å². The molecule has 0 spiro atoms. The molecule has 2 amide bonds. The lowest BCUT2D eigenvalue weighted by Gasteiger charge is -2.20.